The first-order valence-corrected chi connectivity index (χ1v) is 7.84. The van der Waals surface area contributed by atoms with Crippen LogP contribution >= 0.6 is 0 Å². The van der Waals surface area contributed by atoms with E-state index in [0.29, 0.717) is 12.1 Å². The van der Waals surface area contributed by atoms with Gasteiger partial charge in [0.05, 0.1) is 4.90 Å². The summed E-state index contributed by atoms with van der Waals surface area (Å²) in [7, 11) is -3.65. The van der Waals surface area contributed by atoms with E-state index in [2.05, 4.69) is 0 Å². The van der Waals surface area contributed by atoms with Gasteiger partial charge >= 0.3 is 0 Å². The van der Waals surface area contributed by atoms with Crippen LogP contribution in [-0.4, -0.2) is 20.7 Å². The molecule has 0 aliphatic carbocycles. The topological polar surface area (TPSA) is 54.5 Å². The number of nitrogens with zero attached hydrogens (tertiary/aromatic N) is 1. The quantitative estimate of drug-likeness (QED) is 0.798. The Hall–Kier alpha value is -2.21. The molecule has 0 unspecified atom stereocenters. The third kappa shape index (κ3) is 3.66. The molecule has 1 amide bonds. The molecule has 2 aromatic carbocycles. The molecule has 0 bridgehead atoms. The highest BCUT2D eigenvalue weighted by molar-refractivity contribution is 7.91. The van der Waals surface area contributed by atoms with Crippen molar-refractivity contribution in [2.45, 2.75) is 11.8 Å². The Morgan fingerprint density at radius 3 is 2.14 bits per heavy atom. The van der Waals surface area contributed by atoms with Crippen molar-refractivity contribution in [3.05, 3.63) is 59.9 Å². The number of sulfone groups is 1. The number of carbonyl (C=O) groups excluding carboxylic acids is 1. The number of aryl methyl sites for hydroxylation is 1. The molecule has 4 nitrogen and oxygen atoms in total. The first-order valence-electron chi connectivity index (χ1n) is 6.19. The van der Waals surface area contributed by atoms with E-state index in [0.717, 1.165) is 10.5 Å². The summed E-state index contributed by atoms with van der Waals surface area (Å²) in [6.45, 7) is 1.85. The lowest BCUT2D eigenvalue weighted by Gasteiger charge is -2.17. The Balaban J connectivity index is 2.27. The number of amides is 1. The van der Waals surface area contributed by atoms with Crippen molar-refractivity contribution < 1.29 is 17.6 Å². The van der Waals surface area contributed by atoms with Crippen molar-refractivity contribution in [2.75, 3.05) is 10.8 Å². The molecule has 0 N–H and O–H groups in total. The normalized spacial score (nSPS) is 11.1. The van der Waals surface area contributed by atoms with Crippen LogP contribution in [0.5, 0.6) is 0 Å². The van der Waals surface area contributed by atoms with Crippen molar-refractivity contribution in [3.63, 3.8) is 0 Å². The van der Waals surface area contributed by atoms with E-state index in [-0.39, 0.29) is 4.90 Å². The van der Waals surface area contributed by atoms with Gasteiger partial charge in [0.25, 0.3) is 0 Å². The fourth-order valence-electron chi connectivity index (χ4n) is 1.80. The predicted molar refractivity (Wildman–Crippen MR) is 78.2 cm³/mol. The van der Waals surface area contributed by atoms with Crippen molar-refractivity contribution >= 4 is 21.9 Å². The smallest absolute Gasteiger partial charge is 0.215 e. The highest BCUT2D eigenvalue weighted by Crippen LogP contribution is 2.18. The van der Waals surface area contributed by atoms with Crippen LogP contribution in [0.25, 0.3) is 0 Å². The Labute approximate surface area is 122 Å². The van der Waals surface area contributed by atoms with Gasteiger partial charge in [-0.1, -0.05) is 17.7 Å². The Morgan fingerprint density at radius 1 is 1.05 bits per heavy atom. The highest BCUT2D eigenvalue weighted by atomic mass is 32.2. The molecule has 0 atom stereocenters. The number of anilines is 1. The molecule has 0 aromatic heterocycles. The fraction of sp³-hybridized carbons (Fsp3) is 0.133. The van der Waals surface area contributed by atoms with Crippen LogP contribution in [-0.2, 0) is 14.6 Å². The largest absolute Gasteiger partial charge is 0.300 e. The zero-order valence-electron chi connectivity index (χ0n) is 11.4. The fourth-order valence-corrected chi connectivity index (χ4v) is 3.08. The van der Waals surface area contributed by atoms with Gasteiger partial charge in [0, 0.05) is 5.69 Å². The first kappa shape index (κ1) is 15.2. The van der Waals surface area contributed by atoms with Crippen LogP contribution < -0.4 is 4.90 Å². The minimum atomic E-state index is -3.65. The standard InChI is InChI=1S/C15H14FNO3S/c1-12-2-8-15(9-3-12)21(19,20)11-17(10-18)14-6-4-13(16)5-7-14/h2-10H,11H2,1H3. The zero-order chi connectivity index (χ0) is 15.5. The van der Waals surface area contributed by atoms with E-state index in [1.165, 1.54) is 36.4 Å². The average Bonchev–Trinajstić information content (AvgIpc) is 2.46. The second-order valence-corrected chi connectivity index (χ2v) is 6.57. The van der Waals surface area contributed by atoms with Gasteiger partial charge in [0.15, 0.2) is 9.84 Å². The van der Waals surface area contributed by atoms with Gasteiger partial charge in [-0.2, -0.15) is 0 Å². The van der Waals surface area contributed by atoms with Crippen molar-refractivity contribution in [1.29, 1.82) is 0 Å². The summed E-state index contributed by atoms with van der Waals surface area (Å²) in [5, 5.41) is 0. The maximum atomic E-state index is 12.9. The van der Waals surface area contributed by atoms with Gasteiger partial charge in [-0.25, -0.2) is 12.8 Å². The third-order valence-corrected chi connectivity index (χ3v) is 4.58. The van der Waals surface area contributed by atoms with E-state index >= 15 is 0 Å². The minimum Gasteiger partial charge on any atom is -0.300 e. The lowest BCUT2D eigenvalue weighted by Crippen LogP contribution is -2.28. The zero-order valence-corrected chi connectivity index (χ0v) is 12.2. The molecule has 2 aromatic rings. The van der Waals surface area contributed by atoms with Gasteiger partial charge in [-0.3, -0.25) is 9.69 Å². The molecule has 0 spiro atoms. The molecule has 0 aliphatic heterocycles. The van der Waals surface area contributed by atoms with Gasteiger partial charge in [0.1, 0.15) is 11.7 Å². The maximum Gasteiger partial charge on any atom is 0.215 e. The van der Waals surface area contributed by atoms with E-state index in [1.54, 1.807) is 12.1 Å². The number of hydrogen-bond donors (Lipinski definition) is 0. The number of rotatable bonds is 5. The average molecular weight is 307 g/mol. The van der Waals surface area contributed by atoms with E-state index < -0.39 is 21.5 Å². The van der Waals surface area contributed by atoms with E-state index in [1.807, 2.05) is 6.92 Å². The van der Waals surface area contributed by atoms with Gasteiger partial charge in [-0.15, -0.1) is 0 Å². The Kier molecular flexibility index (Phi) is 4.37. The maximum absolute atomic E-state index is 12.9. The first-order chi connectivity index (χ1) is 9.92. The number of carbonyl (C=O) groups is 1. The summed E-state index contributed by atoms with van der Waals surface area (Å²) in [4.78, 5) is 12.3. The molecule has 0 saturated carbocycles. The second-order valence-electron chi connectivity index (χ2n) is 4.61. The summed E-state index contributed by atoms with van der Waals surface area (Å²) in [6.07, 6.45) is 0.416. The molecule has 21 heavy (non-hydrogen) atoms. The summed E-state index contributed by atoms with van der Waals surface area (Å²) in [6, 6.07) is 11.4. The minimum absolute atomic E-state index is 0.141. The van der Waals surface area contributed by atoms with Crippen LogP contribution in [0.2, 0.25) is 0 Å². The van der Waals surface area contributed by atoms with Crippen LogP contribution in [0.4, 0.5) is 10.1 Å². The van der Waals surface area contributed by atoms with Crippen LogP contribution in [0.15, 0.2) is 53.4 Å². The molecule has 0 aliphatic rings. The second kappa shape index (κ2) is 6.05. The van der Waals surface area contributed by atoms with Crippen molar-refractivity contribution in [2.24, 2.45) is 0 Å². The molecule has 0 fully saturated rings. The number of halogens is 1. The highest BCUT2D eigenvalue weighted by Gasteiger charge is 2.19. The molecule has 0 saturated heterocycles. The van der Waals surface area contributed by atoms with Gasteiger partial charge in [-0.05, 0) is 43.3 Å². The van der Waals surface area contributed by atoms with Gasteiger partial charge < -0.3 is 0 Å². The summed E-state index contributed by atoms with van der Waals surface area (Å²) >= 11 is 0. The lowest BCUT2D eigenvalue weighted by atomic mass is 10.2. The van der Waals surface area contributed by atoms with Crippen LogP contribution in [0.1, 0.15) is 5.56 Å². The van der Waals surface area contributed by atoms with Crippen LogP contribution in [0.3, 0.4) is 0 Å². The molecule has 0 radical (unpaired) electrons. The summed E-state index contributed by atoms with van der Waals surface area (Å²) < 4.78 is 37.4. The van der Waals surface area contributed by atoms with Crippen molar-refractivity contribution in [3.8, 4) is 0 Å². The predicted octanol–water partition coefficient (Wildman–Crippen LogP) is 2.53. The molecule has 110 valence electrons. The monoisotopic (exact) mass is 307 g/mol. The number of benzene rings is 2. The molecular weight excluding hydrogens is 293 g/mol. The van der Waals surface area contributed by atoms with Gasteiger partial charge in [0.2, 0.25) is 6.41 Å². The van der Waals surface area contributed by atoms with E-state index in [4.69, 9.17) is 0 Å². The molecule has 2 rings (SSSR count). The Bertz CT molecular complexity index is 725. The lowest BCUT2D eigenvalue weighted by molar-refractivity contribution is -0.107. The Morgan fingerprint density at radius 2 is 1.62 bits per heavy atom. The molecule has 6 heteroatoms. The SMILES string of the molecule is Cc1ccc(S(=O)(=O)CN(C=O)c2ccc(F)cc2)cc1. The van der Waals surface area contributed by atoms with E-state index in [9.17, 15) is 17.6 Å². The molecule has 0 heterocycles. The number of hydrogen-bond acceptors (Lipinski definition) is 3. The molecular formula is C15H14FNO3S. The summed E-state index contributed by atoms with van der Waals surface area (Å²) in [5.74, 6) is -0.948. The summed E-state index contributed by atoms with van der Waals surface area (Å²) in [5.41, 5.74) is 1.27. The third-order valence-electron chi connectivity index (χ3n) is 2.97. The van der Waals surface area contributed by atoms with Crippen molar-refractivity contribution in [1.82, 2.24) is 0 Å². The van der Waals surface area contributed by atoms with Crippen LogP contribution in [0, 0.1) is 12.7 Å².